The molecule has 6 heteroatoms. The summed E-state index contributed by atoms with van der Waals surface area (Å²) in [5, 5.41) is 11.2. The Hall–Kier alpha value is -2.21. The van der Waals surface area contributed by atoms with Crippen LogP contribution in [0.5, 0.6) is 5.88 Å². The molecule has 1 aliphatic rings. The second-order valence-corrected chi connectivity index (χ2v) is 7.30. The van der Waals surface area contributed by atoms with Gasteiger partial charge in [-0.15, -0.1) is 11.3 Å². The predicted octanol–water partition coefficient (Wildman–Crippen LogP) is 5.88. The Balaban J connectivity index is 1.84. The lowest BCUT2D eigenvalue weighted by Gasteiger charge is -2.06. The zero-order chi connectivity index (χ0) is 16.7. The van der Waals surface area contributed by atoms with Gasteiger partial charge in [-0.2, -0.15) is 0 Å². The van der Waals surface area contributed by atoms with Crippen molar-refractivity contribution in [2.24, 2.45) is 4.99 Å². The number of aliphatic imine (C=N–C) groups is 1. The van der Waals surface area contributed by atoms with Gasteiger partial charge in [0.25, 0.3) is 0 Å². The third-order valence-electron chi connectivity index (χ3n) is 3.75. The summed E-state index contributed by atoms with van der Waals surface area (Å²) < 4.78 is 2.13. The number of aromatic nitrogens is 1. The normalized spacial score (nSPS) is 14.3. The van der Waals surface area contributed by atoms with Gasteiger partial charge >= 0.3 is 0 Å². The maximum atomic E-state index is 10.7. The van der Waals surface area contributed by atoms with Crippen molar-refractivity contribution in [2.75, 3.05) is 0 Å². The Bertz CT molecular complexity index is 1060. The lowest BCUT2D eigenvalue weighted by atomic mass is 10.1. The van der Waals surface area contributed by atoms with E-state index < -0.39 is 0 Å². The summed E-state index contributed by atoms with van der Waals surface area (Å²) in [6.07, 6.45) is 3.70. The van der Waals surface area contributed by atoms with Crippen LogP contribution >= 0.6 is 35.2 Å². The Morgan fingerprint density at radius 3 is 2.71 bits per heavy atom. The molecule has 1 N–H and O–H groups in total. The highest BCUT2D eigenvalue weighted by molar-refractivity contribution is 7.73. The van der Waals surface area contributed by atoms with Crippen LogP contribution < -0.4 is 0 Å². The van der Waals surface area contributed by atoms with Crippen molar-refractivity contribution in [1.29, 1.82) is 0 Å². The summed E-state index contributed by atoms with van der Waals surface area (Å²) >= 11 is 13.0. The molecule has 0 radical (unpaired) electrons. The van der Waals surface area contributed by atoms with E-state index in [9.17, 15) is 5.11 Å². The summed E-state index contributed by atoms with van der Waals surface area (Å²) in [6.45, 7) is 0. The van der Waals surface area contributed by atoms with Gasteiger partial charge < -0.3 is 5.11 Å². The number of fused-ring (bicyclic) bond motifs is 1. The molecule has 24 heavy (non-hydrogen) atoms. The monoisotopic (exact) mass is 370 g/mol. The molecule has 2 aromatic carbocycles. The van der Waals surface area contributed by atoms with Crippen LogP contribution in [0.1, 0.15) is 10.4 Å². The molecule has 0 amide bonds. The molecule has 0 aliphatic carbocycles. The van der Waals surface area contributed by atoms with Gasteiger partial charge in [0, 0.05) is 17.4 Å². The average molecular weight is 371 g/mol. The molecule has 118 valence electrons. The molecule has 4 rings (SSSR count). The highest BCUT2D eigenvalue weighted by Gasteiger charge is 2.17. The molecule has 3 aromatic rings. The first kappa shape index (κ1) is 15.3. The lowest BCUT2D eigenvalue weighted by molar-refractivity contribution is 0.441. The van der Waals surface area contributed by atoms with E-state index >= 15 is 0 Å². The maximum absolute atomic E-state index is 10.7. The van der Waals surface area contributed by atoms with Gasteiger partial charge in [-0.3, -0.25) is 9.56 Å². The first-order chi connectivity index (χ1) is 11.6. The quantitative estimate of drug-likeness (QED) is 0.571. The minimum absolute atomic E-state index is 0.0865. The molecule has 1 aromatic heterocycles. The number of halogens is 1. The zero-order valence-electron chi connectivity index (χ0n) is 12.3. The molecule has 0 saturated carbocycles. The van der Waals surface area contributed by atoms with Crippen LogP contribution in [0.2, 0.25) is 5.02 Å². The standard InChI is InChI=1S/C18H11ClN2OS2/c19-13-6-2-4-8-15(13)21-17(22)16(24-18(21)23)9-11-10-20-14-7-3-1-5-12(11)14/h1-10,22H/b11-9+. The van der Waals surface area contributed by atoms with Crippen LogP contribution in [0.15, 0.2) is 53.5 Å². The van der Waals surface area contributed by atoms with Crippen molar-refractivity contribution in [1.82, 2.24) is 4.57 Å². The van der Waals surface area contributed by atoms with E-state index in [-0.39, 0.29) is 5.88 Å². The van der Waals surface area contributed by atoms with E-state index in [0.717, 1.165) is 16.8 Å². The Kier molecular flexibility index (Phi) is 3.84. The number of benzene rings is 2. The van der Waals surface area contributed by atoms with Crippen molar-refractivity contribution in [2.45, 2.75) is 0 Å². The Morgan fingerprint density at radius 1 is 1.12 bits per heavy atom. The van der Waals surface area contributed by atoms with Crippen LogP contribution in [-0.4, -0.2) is 15.9 Å². The van der Waals surface area contributed by atoms with Gasteiger partial charge in [0.1, 0.15) is 0 Å². The third-order valence-corrected chi connectivity index (χ3v) is 5.38. The van der Waals surface area contributed by atoms with Gasteiger partial charge in [0.15, 0.2) is 3.95 Å². The molecule has 0 spiro atoms. The number of allylic oxidation sites excluding steroid dienone is 1. The predicted molar refractivity (Wildman–Crippen MR) is 104 cm³/mol. The molecule has 0 fully saturated rings. The van der Waals surface area contributed by atoms with Gasteiger partial charge in [-0.25, -0.2) is 0 Å². The smallest absolute Gasteiger partial charge is 0.215 e. The largest absolute Gasteiger partial charge is 0.493 e. The van der Waals surface area contributed by atoms with E-state index in [1.165, 1.54) is 11.3 Å². The minimum atomic E-state index is 0.0865. The number of thiazole rings is 1. The zero-order valence-corrected chi connectivity index (χ0v) is 14.7. The van der Waals surface area contributed by atoms with Crippen molar-refractivity contribution >= 4 is 58.7 Å². The first-order valence-electron chi connectivity index (χ1n) is 7.20. The third kappa shape index (κ3) is 2.51. The summed E-state index contributed by atoms with van der Waals surface area (Å²) in [5.74, 6) is 0.0865. The van der Waals surface area contributed by atoms with Crippen molar-refractivity contribution < 1.29 is 5.11 Å². The number of hydrogen-bond acceptors (Lipinski definition) is 4. The van der Waals surface area contributed by atoms with E-state index in [2.05, 4.69) is 4.99 Å². The molecule has 1 aliphatic heterocycles. The van der Waals surface area contributed by atoms with Crippen molar-refractivity contribution in [3.05, 3.63) is 67.9 Å². The highest BCUT2D eigenvalue weighted by Crippen LogP contribution is 2.37. The lowest BCUT2D eigenvalue weighted by Crippen LogP contribution is -1.93. The Morgan fingerprint density at radius 2 is 1.88 bits per heavy atom. The summed E-state index contributed by atoms with van der Waals surface area (Å²) in [6, 6.07) is 15.2. The second-order valence-electron chi connectivity index (χ2n) is 5.22. The van der Waals surface area contributed by atoms with Gasteiger partial charge in [0.05, 0.1) is 21.3 Å². The molecular weight excluding hydrogens is 360 g/mol. The van der Waals surface area contributed by atoms with Crippen molar-refractivity contribution in [3.63, 3.8) is 0 Å². The topological polar surface area (TPSA) is 37.5 Å². The number of nitrogens with zero attached hydrogens (tertiary/aromatic N) is 2. The maximum Gasteiger partial charge on any atom is 0.215 e. The summed E-state index contributed by atoms with van der Waals surface area (Å²) in [7, 11) is 0. The fraction of sp³-hybridized carbons (Fsp3) is 0. The van der Waals surface area contributed by atoms with E-state index in [4.69, 9.17) is 23.8 Å². The van der Waals surface area contributed by atoms with Gasteiger partial charge in [0.2, 0.25) is 5.88 Å². The van der Waals surface area contributed by atoms with Crippen LogP contribution in [0.25, 0.3) is 17.3 Å². The SMILES string of the molecule is Oc1c(/C=C2\C=Nc3ccccc32)sc(=S)n1-c1ccccc1Cl. The fourth-order valence-corrected chi connectivity index (χ4v) is 4.12. The van der Waals surface area contributed by atoms with Gasteiger partial charge in [-0.05, 0) is 36.5 Å². The molecule has 0 atom stereocenters. The number of rotatable bonds is 2. The summed E-state index contributed by atoms with van der Waals surface area (Å²) in [5.41, 5.74) is 3.59. The van der Waals surface area contributed by atoms with Crippen molar-refractivity contribution in [3.8, 4) is 11.6 Å². The first-order valence-corrected chi connectivity index (χ1v) is 8.80. The number of para-hydroxylation sites is 2. The highest BCUT2D eigenvalue weighted by atomic mass is 35.5. The van der Waals surface area contributed by atoms with E-state index in [1.807, 2.05) is 48.5 Å². The van der Waals surface area contributed by atoms with E-state index in [0.29, 0.717) is 19.5 Å². The van der Waals surface area contributed by atoms with Crippen LogP contribution in [0, 0.1) is 3.95 Å². The Labute approximate surface area is 152 Å². The van der Waals surface area contributed by atoms with Gasteiger partial charge in [-0.1, -0.05) is 41.9 Å². The summed E-state index contributed by atoms with van der Waals surface area (Å²) in [4.78, 5) is 5.06. The number of aromatic hydroxyl groups is 1. The average Bonchev–Trinajstić information content (AvgIpc) is 3.11. The molecule has 0 bridgehead atoms. The molecule has 0 saturated heterocycles. The van der Waals surface area contributed by atoms with Crippen LogP contribution in [0.3, 0.4) is 0 Å². The van der Waals surface area contributed by atoms with Crippen LogP contribution in [0.4, 0.5) is 5.69 Å². The molecule has 0 unspecified atom stereocenters. The fourth-order valence-electron chi connectivity index (χ4n) is 2.62. The second kappa shape index (κ2) is 6.02. The number of hydrogen-bond donors (Lipinski definition) is 1. The van der Waals surface area contributed by atoms with Crippen LogP contribution in [-0.2, 0) is 0 Å². The minimum Gasteiger partial charge on any atom is -0.493 e. The van der Waals surface area contributed by atoms with E-state index in [1.54, 1.807) is 16.8 Å². The molecule has 3 nitrogen and oxygen atoms in total. The molecule has 2 heterocycles. The molecular formula is C18H11ClN2OS2.